The predicted molar refractivity (Wildman–Crippen MR) is 89.3 cm³/mol. The molecule has 110 valence electrons. The van der Waals surface area contributed by atoms with Gasteiger partial charge in [0, 0.05) is 10.0 Å². The van der Waals surface area contributed by atoms with Crippen molar-refractivity contribution in [3.63, 3.8) is 0 Å². The fourth-order valence-electron chi connectivity index (χ4n) is 1.76. The van der Waals surface area contributed by atoms with Crippen LogP contribution in [0.2, 0.25) is 5.02 Å². The molecule has 0 fully saturated rings. The Kier molecular flexibility index (Phi) is 5.26. The number of rotatable bonds is 4. The molecule has 0 aliphatic rings. The van der Waals surface area contributed by atoms with Crippen LogP contribution in [0, 0.1) is 0 Å². The van der Waals surface area contributed by atoms with Gasteiger partial charge in [0.1, 0.15) is 5.75 Å². The Morgan fingerprint density at radius 2 is 1.95 bits per heavy atom. The van der Waals surface area contributed by atoms with Crippen LogP contribution < -0.4 is 10.1 Å². The standard InChI is InChI=1S/C16H15BrClNO2/c1-10(2)21-15-6-4-3-5-14(15)19-16(20)11-7-8-13(18)12(17)9-11/h3-10H,1-2H3,(H,19,20). The lowest BCUT2D eigenvalue weighted by atomic mass is 10.2. The normalized spacial score (nSPS) is 10.5. The lowest BCUT2D eigenvalue weighted by molar-refractivity contribution is 0.102. The van der Waals surface area contributed by atoms with Gasteiger partial charge in [0.2, 0.25) is 0 Å². The Hall–Kier alpha value is -1.52. The maximum absolute atomic E-state index is 12.3. The van der Waals surface area contributed by atoms with Crippen molar-refractivity contribution in [2.75, 3.05) is 5.32 Å². The van der Waals surface area contributed by atoms with Crippen LogP contribution in [0.25, 0.3) is 0 Å². The number of benzene rings is 2. The van der Waals surface area contributed by atoms with Crippen molar-refractivity contribution in [2.24, 2.45) is 0 Å². The van der Waals surface area contributed by atoms with Crippen molar-refractivity contribution >= 4 is 39.1 Å². The van der Waals surface area contributed by atoms with E-state index < -0.39 is 0 Å². The largest absolute Gasteiger partial charge is 0.489 e. The van der Waals surface area contributed by atoms with E-state index in [2.05, 4.69) is 21.2 Å². The molecule has 0 spiro atoms. The molecule has 0 heterocycles. The third-order valence-electron chi connectivity index (χ3n) is 2.68. The van der Waals surface area contributed by atoms with Crippen LogP contribution >= 0.6 is 27.5 Å². The highest BCUT2D eigenvalue weighted by atomic mass is 79.9. The van der Waals surface area contributed by atoms with Gasteiger partial charge in [-0.2, -0.15) is 0 Å². The first-order valence-electron chi connectivity index (χ1n) is 6.49. The molecule has 3 nitrogen and oxygen atoms in total. The fourth-order valence-corrected chi connectivity index (χ4v) is 2.25. The number of nitrogens with one attached hydrogen (secondary N) is 1. The molecule has 1 N–H and O–H groups in total. The predicted octanol–water partition coefficient (Wildman–Crippen LogP) is 5.14. The molecule has 0 saturated heterocycles. The van der Waals surface area contributed by atoms with E-state index in [1.165, 1.54) is 0 Å². The highest BCUT2D eigenvalue weighted by molar-refractivity contribution is 9.10. The van der Waals surface area contributed by atoms with Gasteiger partial charge in [-0.25, -0.2) is 0 Å². The zero-order valence-corrected chi connectivity index (χ0v) is 14.0. The van der Waals surface area contributed by atoms with Crippen LogP contribution in [-0.2, 0) is 0 Å². The van der Waals surface area contributed by atoms with E-state index in [-0.39, 0.29) is 12.0 Å². The second-order valence-electron chi connectivity index (χ2n) is 4.75. The van der Waals surface area contributed by atoms with Gasteiger partial charge in [0.25, 0.3) is 5.91 Å². The minimum Gasteiger partial charge on any atom is -0.489 e. The summed E-state index contributed by atoms with van der Waals surface area (Å²) in [7, 11) is 0. The van der Waals surface area contributed by atoms with Gasteiger partial charge in [-0.15, -0.1) is 0 Å². The number of carbonyl (C=O) groups is 1. The summed E-state index contributed by atoms with van der Waals surface area (Å²) < 4.78 is 6.36. The van der Waals surface area contributed by atoms with Crippen LogP contribution in [0.1, 0.15) is 24.2 Å². The summed E-state index contributed by atoms with van der Waals surface area (Å²) in [6.07, 6.45) is 0.0349. The Bertz CT molecular complexity index is 658. The summed E-state index contributed by atoms with van der Waals surface area (Å²) in [5, 5.41) is 3.42. The number of hydrogen-bond donors (Lipinski definition) is 1. The van der Waals surface area contributed by atoms with E-state index in [0.717, 1.165) is 0 Å². The monoisotopic (exact) mass is 367 g/mol. The van der Waals surface area contributed by atoms with Gasteiger partial charge >= 0.3 is 0 Å². The molecule has 0 atom stereocenters. The quantitative estimate of drug-likeness (QED) is 0.811. The Morgan fingerprint density at radius 3 is 2.62 bits per heavy atom. The molecular weight excluding hydrogens is 354 g/mol. The summed E-state index contributed by atoms with van der Waals surface area (Å²) in [5.74, 6) is 0.432. The lowest BCUT2D eigenvalue weighted by Gasteiger charge is -2.14. The van der Waals surface area contributed by atoms with Gasteiger partial charge in [0.05, 0.1) is 16.8 Å². The second-order valence-corrected chi connectivity index (χ2v) is 6.01. The average Bonchev–Trinajstić information content (AvgIpc) is 2.43. The number of hydrogen-bond acceptors (Lipinski definition) is 2. The number of ether oxygens (including phenoxy) is 1. The fraction of sp³-hybridized carbons (Fsp3) is 0.188. The van der Waals surface area contributed by atoms with Crippen LogP contribution in [0.5, 0.6) is 5.75 Å². The molecule has 2 aromatic rings. The molecule has 5 heteroatoms. The van der Waals surface area contributed by atoms with E-state index in [9.17, 15) is 4.79 Å². The molecule has 0 aliphatic carbocycles. The highest BCUT2D eigenvalue weighted by Gasteiger charge is 2.11. The van der Waals surface area contributed by atoms with Crippen molar-refractivity contribution in [1.82, 2.24) is 0 Å². The maximum atomic E-state index is 12.3. The first-order valence-corrected chi connectivity index (χ1v) is 7.66. The Morgan fingerprint density at radius 1 is 1.24 bits per heavy atom. The molecule has 0 aromatic heterocycles. The van der Waals surface area contributed by atoms with Crippen LogP contribution in [-0.4, -0.2) is 12.0 Å². The van der Waals surface area contributed by atoms with Gasteiger partial charge in [-0.05, 0) is 60.1 Å². The maximum Gasteiger partial charge on any atom is 0.255 e. The second kappa shape index (κ2) is 6.96. The van der Waals surface area contributed by atoms with Gasteiger partial charge < -0.3 is 10.1 Å². The van der Waals surface area contributed by atoms with Crippen LogP contribution in [0.15, 0.2) is 46.9 Å². The number of anilines is 1. The molecular formula is C16H15BrClNO2. The zero-order valence-electron chi connectivity index (χ0n) is 11.7. The van der Waals surface area contributed by atoms with Crippen LogP contribution in [0.3, 0.4) is 0 Å². The SMILES string of the molecule is CC(C)Oc1ccccc1NC(=O)c1ccc(Cl)c(Br)c1. The number of amides is 1. The van der Waals surface area contributed by atoms with E-state index in [1.807, 2.05) is 32.0 Å². The zero-order chi connectivity index (χ0) is 15.4. The topological polar surface area (TPSA) is 38.3 Å². The molecule has 1 amide bonds. The van der Waals surface area contributed by atoms with Gasteiger partial charge in [-0.1, -0.05) is 23.7 Å². The van der Waals surface area contributed by atoms with E-state index >= 15 is 0 Å². The molecule has 0 unspecified atom stereocenters. The van der Waals surface area contributed by atoms with E-state index in [1.54, 1.807) is 24.3 Å². The molecule has 2 aromatic carbocycles. The summed E-state index contributed by atoms with van der Waals surface area (Å²) in [4.78, 5) is 12.3. The third kappa shape index (κ3) is 4.22. The van der Waals surface area contributed by atoms with Gasteiger partial charge in [-0.3, -0.25) is 4.79 Å². The van der Waals surface area contributed by atoms with Gasteiger partial charge in [0.15, 0.2) is 0 Å². The lowest BCUT2D eigenvalue weighted by Crippen LogP contribution is -2.14. The van der Waals surface area contributed by atoms with Crippen molar-refractivity contribution in [2.45, 2.75) is 20.0 Å². The average molecular weight is 369 g/mol. The summed E-state index contributed by atoms with van der Waals surface area (Å²) in [6.45, 7) is 3.88. The molecule has 0 aliphatic heterocycles. The summed E-state index contributed by atoms with van der Waals surface area (Å²) >= 11 is 9.24. The number of halogens is 2. The Labute approximate surface area is 137 Å². The third-order valence-corrected chi connectivity index (χ3v) is 3.89. The van der Waals surface area contributed by atoms with Crippen molar-refractivity contribution in [3.05, 3.63) is 57.5 Å². The molecule has 0 saturated carbocycles. The summed E-state index contributed by atoms with van der Waals surface area (Å²) in [5.41, 5.74) is 1.16. The summed E-state index contributed by atoms with van der Waals surface area (Å²) in [6, 6.07) is 12.4. The number of para-hydroxylation sites is 2. The molecule has 21 heavy (non-hydrogen) atoms. The van der Waals surface area contributed by atoms with Crippen LogP contribution in [0.4, 0.5) is 5.69 Å². The molecule has 0 bridgehead atoms. The minimum atomic E-state index is -0.216. The van der Waals surface area contributed by atoms with E-state index in [0.29, 0.717) is 26.5 Å². The molecule has 0 radical (unpaired) electrons. The van der Waals surface area contributed by atoms with Crippen molar-refractivity contribution < 1.29 is 9.53 Å². The van der Waals surface area contributed by atoms with Crippen molar-refractivity contribution in [1.29, 1.82) is 0 Å². The smallest absolute Gasteiger partial charge is 0.255 e. The minimum absolute atomic E-state index is 0.0349. The van der Waals surface area contributed by atoms with Crippen molar-refractivity contribution in [3.8, 4) is 5.75 Å². The molecule has 2 rings (SSSR count). The van der Waals surface area contributed by atoms with E-state index in [4.69, 9.17) is 16.3 Å². The first kappa shape index (κ1) is 15.9. The first-order chi connectivity index (χ1) is 9.97. The highest BCUT2D eigenvalue weighted by Crippen LogP contribution is 2.27. The Balaban J connectivity index is 2.21. The number of carbonyl (C=O) groups excluding carboxylic acids is 1.